The zero-order valence-corrected chi connectivity index (χ0v) is 16.6. The zero-order chi connectivity index (χ0) is 16.2. The molecule has 4 nitrogen and oxygen atoms in total. The van der Waals surface area contributed by atoms with Gasteiger partial charge in [-0.25, -0.2) is 4.99 Å². The Morgan fingerprint density at radius 2 is 2.17 bits per heavy atom. The van der Waals surface area contributed by atoms with Crippen LogP contribution in [0.15, 0.2) is 41.4 Å². The Morgan fingerprint density at radius 1 is 1.33 bits per heavy atom. The van der Waals surface area contributed by atoms with Crippen molar-refractivity contribution in [2.75, 3.05) is 11.9 Å². The Hall–Kier alpha value is -1.47. The number of nitrogens with two attached hydrogens (primary N) is 1. The quantitative estimate of drug-likeness (QED) is 0.407. The van der Waals surface area contributed by atoms with Gasteiger partial charge < -0.3 is 15.8 Å². The van der Waals surface area contributed by atoms with Gasteiger partial charge in [-0.15, -0.1) is 24.0 Å². The van der Waals surface area contributed by atoms with E-state index in [9.17, 15) is 0 Å². The molecule has 3 rings (SSSR count). The molecule has 0 radical (unpaired) electrons. The highest BCUT2D eigenvalue weighted by molar-refractivity contribution is 14.0. The van der Waals surface area contributed by atoms with Gasteiger partial charge in [-0.2, -0.15) is 0 Å². The number of nitrogens with one attached hydrogen (secondary N) is 1. The van der Waals surface area contributed by atoms with Gasteiger partial charge in [0.25, 0.3) is 0 Å². The number of aliphatic imine (C=N–C) groups is 1. The van der Waals surface area contributed by atoms with Crippen LogP contribution in [0.5, 0.6) is 5.75 Å². The van der Waals surface area contributed by atoms with E-state index in [1.165, 1.54) is 5.56 Å². The molecule has 0 amide bonds. The number of hydrogen-bond donors (Lipinski definition) is 2. The Labute approximate surface area is 164 Å². The van der Waals surface area contributed by atoms with Crippen LogP contribution in [-0.4, -0.2) is 12.6 Å². The summed E-state index contributed by atoms with van der Waals surface area (Å²) in [5.41, 5.74) is 10.3. The van der Waals surface area contributed by atoms with Crippen molar-refractivity contribution in [3.63, 3.8) is 0 Å². The largest absolute Gasteiger partial charge is 0.493 e. The smallest absolute Gasteiger partial charge is 0.193 e. The van der Waals surface area contributed by atoms with E-state index in [2.05, 4.69) is 29.4 Å². The van der Waals surface area contributed by atoms with Gasteiger partial charge in [0.2, 0.25) is 0 Å². The maximum Gasteiger partial charge on any atom is 0.193 e. The summed E-state index contributed by atoms with van der Waals surface area (Å²) in [4.78, 5) is 4.41. The van der Waals surface area contributed by atoms with Gasteiger partial charge in [-0.3, -0.25) is 0 Å². The van der Waals surface area contributed by atoms with Crippen molar-refractivity contribution >= 4 is 47.2 Å². The van der Waals surface area contributed by atoms with Crippen LogP contribution in [0.2, 0.25) is 5.02 Å². The van der Waals surface area contributed by atoms with Crippen LogP contribution in [0, 0.1) is 0 Å². The summed E-state index contributed by atoms with van der Waals surface area (Å²) >= 11 is 6.16. The van der Waals surface area contributed by atoms with Crippen molar-refractivity contribution in [2.45, 2.75) is 26.3 Å². The van der Waals surface area contributed by atoms with Crippen molar-refractivity contribution in [3.8, 4) is 5.75 Å². The average molecular weight is 458 g/mol. The summed E-state index contributed by atoms with van der Waals surface area (Å²) < 4.78 is 5.68. The summed E-state index contributed by atoms with van der Waals surface area (Å²) in [5.74, 6) is 1.28. The number of guanidine groups is 1. The van der Waals surface area contributed by atoms with E-state index in [1.807, 2.05) is 24.3 Å². The molecule has 128 valence electrons. The molecule has 0 saturated carbocycles. The van der Waals surface area contributed by atoms with E-state index in [1.54, 1.807) is 0 Å². The number of rotatable bonds is 4. The maximum atomic E-state index is 6.16. The van der Waals surface area contributed by atoms with Gasteiger partial charge in [-0.1, -0.05) is 30.7 Å². The van der Waals surface area contributed by atoms with Crippen LogP contribution in [0.4, 0.5) is 5.69 Å². The molecule has 1 aliphatic heterocycles. The number of aryl methyl sites for hydroxylation is 1. The number of benzene rings is 2. The van der Waals surface area contributed by atoms with E-state index in [-0.39, 0.29) is 24.0 Å². The van der Waals surface area contributed by atoms with Crippen molar-refractivity contribution in [3.05, 3.63) is 58.1 Å². The number of hydrogen-bond acceptors (Lipinski definition) is 2. The number of halogens is 2. The lowest BCUT2D eigenvalue weighted by Gasteiger charge is -2.09. The molecule has 24 heavy (non-hydrogen) atoms. The lowest BCUT2D eigenvalue weighted by molar-refractivity contribution is 0.353. The topological polar surface area (TPSA) is 59.6 Å². The normalized spacial score (nSPS) is 13.0. The summed E-state index contributed by atoms with van der Waals surface area (Å²) in [5, 5.41) is 3.83. The molecule has 0 atom stereocenters. The number of fused-ring (bicyclic) bond motifs is 1. The summed E-state index contributed by atoms with van der Waals surface area (Å²) in [7, 11) is 0. The van der Waals surface area contributed by atoms with Gasteiger partial charge in [0.05, 0.1) is 13.2 Å². The molecular weight excluding hydrogens is 437 g/mol. The highest BCUT2D eigenvalue weighted by atomic mass is 127. The number of nitrogens with zero attached hydrogens (tertiary/aromatic N) is 1. The van der Waals surface area contributed by atoms with Gasteiger partial charge in [0.15, 0.2) is 5.96 Å². The van der Waals surface area contributed by atoms with Crippen molar-refractivity contribution in [1.82, 2.24) is 0 Å². The minimum absolute atomic E-state index is 0. The predicted molar refractivity (Wildman–Crippen MR) is 111 cm³/mol. The summed E-state index contributed by atoms with van der Waals surface area (Å²) in [6.45, 7) is 3.26. The SMILES string of the molecule is CCc1cccc(NC(N)=NCc2cc(Cl)cc3c2OCC3)c1.I. The first kappa shape index (κ1) is 18.9. The molecule has 0 unspecified atom stereocenters. The lowest BCUT2D eigenvalue weighted by atomic mass is 10.1. The van der Waals surface area contributed by atoms with Crippen molar-refractivity contribution < 1.29 is 4.74 Å². The molecule has 0 aliphatic carbocycles. The van der Waals surface area contributed by atoms with E-state index < -0.39 is 0 Å². The number of anilines is 1. The fraction of sp³-hybridized carbons (Fsp3) is 0.278. The molecule has 1 aliphatic rings. The first-order valence-electron chi connectivity index (χ1n) is 7.75. The lowest BCUT2D eigenvalue weighted by Crippen LogP contribution is -2.22. The molecule has 3 N–H and O–H groups in total. The van der Waals surface area contributed by atoms with Crippen LogP contribution in [-0.2, 0) is 19.4 Å². The fourth-order valence-electron chi connectivity index (χ4n) is 2.69. The molecule has 2 aromatic carbocycles. The second kappa shape index (κ2) is 8.58. The first-order valence-corrected chi connectivity index (χ1v) is 8.13. The van der Waals surface area contributed by atoms with Gasteiger partial charge in [0, 0.05) is 22.7 Å². The molecule has 0 spiro atoms. The zero-order valence-electron chi connectivity index (χ0n) is 13.5. The molecule has 6 heteroatoms. The molecule has 0 bridgehead atoms. The number of ether oxygens (including phenoxy) is 1. The predicted octanol–water partition coefficient (Wildman–Crippen LogP) is 4.38. The molecule has 1 heterocycles. The van der Waals surface area contributed by atoms with Gasteiger partial charge in [0.1, 0.15) is 5.75 Å². The molecule has 0 aromatic heterocycles. The molecule has 0 fully saturated rings. The summed E-state index contributed by atoms with van der Waals surface area (Å²) in [6.07, 6.45) is 1.88. The Bertz CT molecular complexity index is 749. The second-order valence-corrected chi connectivity index (χ2v) is 5.97. The highest BCUT2D eigenvalue weighted by Gasteiger charge is 2.17. The maximum absolute atomic E-state index is 6.16. The fourth-order valence-corrected chi connectivity index (χ4v) is 2.95. The second-order valence-electron chi connectivity index (χ2n) is 5.53. The third-order valence-corrected chi connectivity index (χ3v) is 4.07. The van der Waals surface area contributed by atoms with E-state index in [0.29, 0.717) is 24.1 Å². The van der Waals surface area contributed by atoms with Gasteiger partial charge in [-0.05, 0) is 41.8 Å². The molecular formula is C18H21ClIN3O. The van der Waals surface area contributed by atoms with Crippen LogP contribution < -0.4 is 15.8 Å². The third-order valence-electron chi connectivity index (χ3n) is 3.85. The standard InChI is InChI=1S/C18H20ClN3O.HI/c1-2-12-4-3-5-16(8-12)22-18(20)21-11-14-10-15(19)9-13-6-7-23-17(13)14;/h3-5,8-10H,2,6-7,11H2,1H3,(H3,20,21,22);1H. The van der Waals surface area contributed by atoms with E-state index in [0.717, 1.165) is 35.4 Å². The molecule has 0 saturated heterocycles. The van der Waals surface area contributed by atoms with Crippen molar-refractivity contribution in [1.29, 1.82) is 0 Å². The van der Waals surface area contributed by atoms with E-state index in [4.69, 9.17) is 22.1 Å². The van der Waals surface area contributed by atoms with Crippen molar-refractivity contribution in [2.24, 2.45) is 10.7 Å². The Morgan fingerprint density at radius 3 is 2.96 bits per heavy atom. The third kappa shape index (κ3) is 4.54. The van der Waals surface area contributed by atoms with Crippen LogP contribution in [0.25, 0.3) is 0 Å². The Balaban J connectivity index is 0.00000208. The monoisotopic (exact) mass is 457 g/mol. The van der Waals surface area contributed by atoms with Crippen LogP contribution >= 0.6 is 35.6 Å². The van der Waals surface area contributed by atoms with Crippen LogP contribution in [0.1, 0.15) is 23.6 Å². The average Bonchev–Trinajstić information content (AvgIpc) is 3.01. The van der Waals surface area contributed by atoms with Crippen LogP contribution in [0.3, 0.4) is 0 Å². The molecule has 2 aromatic rings. The van der Waals surface area contributed by atoms with E-state index >= 15 is 0 Å². The highest BCUT2D eigenvalue weighted by Crippen LogP contribution is 2.33. The van der Waals surface area contributed by atoms with Gasteiger partial charge >= 0.3 is 0 Å². The minimum Gasteiger partial charge on any atom is -0.493 e. The first-order chi connectivity index (χ1) is 11.2. The minimum atomic E-state index is 0. The Kier molecular flexibility index (Phi) is 6.74. The summed E-state index contributed by atoms with van der Waals surface area (Å²) in [6, 6.07) is 12.0.